The number of rotatable bonds is 6. The maximum Gasteiger partial charge on any atom is 0.170 e. The van der Waals surface area contributed by atoms with Gasteiger partial charge in [0.05, 0.1) is 0 Å². The van der Waals surface area contributed by atoms with E-state index in [9.17, 15) is 0 Å². The van der Waals surface area contributed by atoms with Crippen LogP contribution in [0.3, 0.4) is 0 Å². The fraction of sp³-hybridized carbons (Fsp3) is 0.533. The Balaban J connectivity index is 2.31. The van der Waals surface area contributed by atoms with Crippen LogP contribution in [-0.2, 0) is 0 Å². The SMILES string of the molecule is CCCCCCNC(=S)Nc1ccc(C)cc1C. The number of aryl methyl sites for hydroxylation is 2. The van der Waals surface area contributed by atoms with E-state index in [2.05, 4.69) is 49.6 Å². The van der Waals surface area contributed by atoms with E-state index < -0.39 is 0 Å². The van der Waals surface area contributed by atoms with Gasteiger partial charge >= 0.3 is 0 Å². The highest BCUT2D eigenvalue weighted by Gasteiger charge is 2.00. The lowest BCUT2D eigenvalue weighted by Gasteiger charge is -2.12. The fourth-order valence-electron chi connectivity index (χ4n) is 1.87. The lowest BCUT2D eigenvalue weighted by Crippen LogP contribution is -2.29. The second-order valence-corrected chi connectivity index (χ2v) is 5.17. The van der Waals surface area contributed by atoms with Crippen LogP contribution in [0.25, 0.3) is 0 Å². The van der Waals surface area contributed by atoms with Crippen LogP contribution in [0.5, 0.6) is 0 Å². The van der Waals surface area contributed by atoms with E-state index in [0.29, 0.717) is 0 Å². The largest absolute Gasteiger partial charge is 0.362 e. The first-order valence-corrected chi connectivity index (χ1v) is 7.16. The summed E-state index contributed by atoms with van der Waals surface area (Å²) in [4.78, 5) is 0. The van der Waals surface area contributed by atoms with Gasteiger partial charge in [-0.15, -0.1) is 0 Å². The van der Waals surface area contributed by atoms with Crippen LogP contribution >= 0.6 is 12.2 Å². The molecule has 0 unspecified atom stereocenters. The molecule has 0 radical (unpaired) electrons. The average molecular weight is 264 g/mol. The summed E-state index contributed by atoms with van der Waals surface area (Å²) in [6.45, 7) is 7.37. The normalized spacial score (nSPS) is 10.2. The highest BCUT2D eigenvalue weighted by Crippen LogP contribution is 2.15. The molecule has 0 saturated carbocycles. The summed E-state index contributed by atoms with van der Waals surface area (Å²) in [6, 6.07) is 6.33. The van der Waals surface area contributed by atoms with Crippen molar-refractivity contribution < 1.29 is 0 Å². The average Bonchev–Trinajstić information content (AvgIpc) is 2.32. The number of hydrogen-bond acceptors (Lipinski definition) is 1. The highest BCUT2D eigenvalue weighted by atomic mass is 32.1. The van der Waals surface area contributed by atoms with Gasteiger partial charge in [-0.3, -0.25) is 0 Å². The molecular formula is C15H24N2S. The van der Waals surface area contributed by atoms with E-state index >= 15 is 0 Å². The summed E-state index contributed by atoms with van der Waals surface area (Å²) in [6.07, 6.45) is 5.03. The fourth-order valence-corrected chi connectivity index (χ4v) is 2.09. The lowest BCUT2D eigenvalue weighted by molar-refractivity contribution is 0.655. The van der Waals surface area contributed by atoms with Crippen LogP contribution in [-0.4, -0.2) is 11.7 Å². The Bertz CT molecular complexity index is 388. The van der Waals surface area contributed by atoms with Gasteiger partial charge in [0.2, 0.25) is 0 Å². The third kappa shape index (κ3) is 5.50. The molecule has 0 aromatic heterocycles. The van der Waals surface area contributed by atoms with Crippen LogP contribution in [0.4, 0.5) is 5.69 Å². The summed E-state index contributed by atoms with van der Waals surface area (Å²) in [5, 5.41) is 7.22. The van der Waals surface area contributed by atoms with Crippen LogP contribution in [0, 0.1) is 13.8 Å². The first-order chi connectivity index (χ1) is 8.63. The molecule has 0 bridgehead atoms. The molecule has 3 heteroatoms. The van der Waals surface area contributed by atoms with Gasteiger partial charge < -0.3 is 10.6 Å². The Morgan fingerprint density at radius 3 is 2.61 bits per heavy atom. The molecule has 0 amide bonds. The molecule has 100 valence electrons. The Labute approximate surface area is 116 Å². The van der Waals surface area contributed by atoms with Crippen molar-refractivity contribution in [1.82, 2.24) is 5.32 Å². The molecule has 0 atom stereocenters. The molecule has 2 N–H and O–H groups in total. The predicted molar refractivity (Wildman–Crippen MR) is 84.3 cm³/mol. The lowest BCUT2D eigenvalue weighted by atomic mass is 10.1. The van der Waals surface area contributed by atoms with Gasteiger partial charge in [-0.2, -0.15) is 0 Å². The van der Waals surface area contributed by atoms with Crippen LogP contribution in [0.2, 0.25) is 0 Å². The highest BCUT2D eigenvalue weighted by molar-refractivity contribution is 7.80. The number of anilines is 1. The van der Waals surface area contributed by atoms with Crippen molar-refractivity contribution in [3.05, 3.63) is 29.3 Å². The number of benzene rings is 1. The van der Waals surface area contributed by atoms with Crippen LogP contribution < -0.4 is 10.6 Å². The van der Waals surface area contributed by atoms with E-state index in [1.165, 1.54) is 36.8 Å². The zero-order valence-electron chi connectivity index (χ0n) is 11.7. The zero-order valence-corrected chi connectivity index (χ0v) is 12.5. The van der Waals surface area contributed by atoms with Crippen molar-refractivity contribution in [2.45, 2.75) is 46.5 Å². The maximum atomic E-state index is 5.28. The first-order valence-electron chi connectivity index (χ1n) is 6.75. The molecule has 0 aliphatic carbocycles. The van der Waals surface area contributed by atoms with Crippen molar-refractivity contribution >= 4 is 23.0 Å². The summed E-state index contributed by atoms with van der Waals surface area (Å²) in [7, 11) is 0. The second kappa shape index (κ2) is 8.09. The van der Waals surface area contributed by atoms with Crippen LogP contribution in [0.1, 0.15) is 43.7 Å². The molecule has 0 spiro atoms. The van der Waals surface area contributed by atoms with E-state index in [0.717, 1.165) is 17.3 Å². The van der Waals surface area contributed by atoms with Crippen molar-refractivity contribution in [3.63, 3.8) is 0 Å². The monoisotopic (exact) mass is 264 g/mol. The first kappa shape index (κ1) is 15.0. The van der Waals surface area contributed by atoms with E-state index in [1.807, 2.05) is 0 Å². The molecule has 0 aliphatic rings. The Hall–Kier alpha value is -1.09. The number of thiocarbonyl (C=S) groups is 1. The summed E-state index contributed by atoms with van der Waals surface area (Å²) < 4.78 is 0. The van der Waals surface area contributed by atoms with Gasteiger partial charge in [0, 0.05) is 12.2 Å². The van der Waals surface area contributed by atoms with Gasteiger partial charge in [-0.25, -0.2) is 0 Å². The molecule has 18 heavy (non-hydrogen) atoms. The Morgan fingerprint density at radius 2 is 1.94 bits per heavy atom. The molecule has 0 fully saturated rings. The quantitative estimate of drug-likeness (QED) is 0.595. The predicted octanol–water partition coefficient (Wildman–Crippen LogP) is 4.17. The molecule has 0 saturated heterocycles. The van der Waals surface area contributed by atoms with Gasteiger partial charge in [0.25, 0.3) is 0 Å². The maximum absolute atomic E-state index is 5.28. The second-order valence-electron chi connectivity index (χ2n) is 4.76. The molecule has 1 aromatic carbocycles. The van der Waals surface area contributed by atoms with Crippen LogP contribution in [0.15, 0.2) is 18.2 Å². The van der Waals surface area contributed by atoms with Gasteiger partial charge in [0.1, 0.15) is 0 Å². The molecule has 0 aliphatic heterocycles. The topological polar surface area (TPSA) is 24.1 Å². The third-order valence-corrected chi connectivity index (χ3v) is 3.19. The minimum atomic E-state index is 0.721. The molecule has 2 nitrogen and oxygen atoms in total. The third-order valence-electron chi connectivity index (χ3n) is 2.95. The molecule has 1 rings (SSSR count). The van der Waals surface area contributed by atoms with Crippen molar-refractivity contribution in [2.24, 2.45) is 0 Å². The van der Waals surface area contributed by atoms with Gasteiger partial charge in [0.15, 0.2) is 5.11 Å². The summed E-state index contributed by atoms with van der Waals surface area (Å²) in [5.74, 6) is 0. The Morgan fingerprint density at radius 1 is 1.17 bits per heavy atom. The minimum absolute atomic E-state index is 0.721. The molecular weight excluding hydrogens is 240 g/mol. The number of nitrogens with one attached hydrogen (secondary N) is 2. The summed E-state index contributed by atoms with van der Waals surface area (Å²) in [5.41, 5.74) is 3.59. The van der Waals surface area contributed by atoms with Gasteiger partial charge in [-0.1, -0.05) is 43.9 Å². The summed E-state index contributed by atoms with van der Waals surface area (Å²) >= 11 is 5.28. The number of hydrogen-bond donors (Lipinski definition) is 2. The van der Waals surface area contributed by atoms with E-state index in [-0.39, 0.29) is 0 Å². The Kier molecular flexibility index (Phi) is 6.73. The smallest absolute Gasteiger partial charge is 0.170 e. The van der Waals surface area contributed by atoms with E-state index in [1.54, 1.807) is 0 Å². The van der Waals surface area contributed by atoms with Gasteiger partial charge in [-0.05, 0) is 44.1 Å². The van der Waals surface area contributed by atoms with Crippen molar-refractivity contribution in [1.29, 1.82) is 0 Å². The standard InChI is InChI=1S/C15H24N2S/c1-4-5-6-7-10-16-15(18)17-14-9-8-12(2)11-13(14)3/h8-9,11H,4-7,10H2,1-3H3,(H2,16,17,18). The molecule has 0 heterocycles. The van der Waals surface area contributed by atoms with Crippen molar-refractivity contribution in [2.75, 3.05) is 11.9 Å². The van der Waals surface area contributed by atoms with Crippen molar-refractivity contribution in [3.8, 4) is 0 Å². The number of unbranched alkanes of at least 4 members (excludes halogenated alkanes) is 3. The minimum Gasteiger partial charge on any atom is -0.362 e. The van der Waals surface area contributed by atoms with E-state index in [4.69, 9.17) is 12.2 Å². The molecule has 1 aromatic rings. The zero-order chi connectivity index (χ0) is 13.4.